The first kappa shape index (κ1) is 15.0. The van der Waals surface area contributed by atoms with E-state index in [1.165, 1.54) is 25.7 Å². The lowest BCUT2D eigenvalue weighted by molar-refractivity contribution is 0.241. The highest BCUT2D eigenvalue weighted by Gasteiger charge is 2.19. The Morgan fingerprint density at radius 2 is 1.27 bits per heavy atom. The molecule has 0 aromatic carbocycles. The molecule has 0 saturated heterocycles. The summed E-state index contributed by atoms with van der Waals surface area (Å²) in [5.74, 6) is 2.57. The van der Waals surface area contributed by atoms with E-state index in [1.54, 1.807) is 0 Å². The lowest BCUT2D eigenvalue weighted by Gasteiger charge is -2.28. The van der Waals surface area contributed by atoms with Crippen LogP contribution < -0.4 is 0 Å². The van der Waals surface area contributed by atoms with E-state index in [9.17, 15) is 0 Å². The van der Waals surface area contributed by atoms with E-state index in [1.807, 2.05) is 0 Å². The number of rotatable bonds is 7. The van der Waals surface area contributed by atoms with Crippen molar-refractivity contribution in [1.29, 1.82) is 0 Å². The molecule has 15 heavy (non-hydrogen) atoms. The van der Waals surface area contributed by atoms with Gasteiger partial charge < -0.3 is 0 Å². The Morgan fingerprint density at radius 1 is 0.800 bits per heavy atom. The summed E-state index contributed by atoms with van der Waals surface area (Å²) in [6.45, 7) is 16.6. The normalized spacial score (nSPS) is 15.0. The zero-order valence-corrected chi connectivity index (χ0v) is 12.1. The minimum absolute atomic E-state index is 0.549. The largest absolute Gasteiger partial charge is 0.0628 e. The molecule has 0 fully saturated rings. The van der Waals surface area contributed by atoms with Gasteiger partial charge in [-0.05, 0) is 42.4 Å². The lowest BCUT2D eigenvalue weighted by atomic mass is 9.78. The molecule has 0 aliphatic carbocycles. The van der Waals surface area contributed by atoms with E-state index in [0.29, 0.717) is 5.41 Å². The molecule has 92 valence electrons. The van der Waals surface area contributed by atoms with Crippen molar-refractivity contribution in [3.05, 3.63) is 0 Å². The predicted molar refractivity (Wildman–Crippen MR) is 71.1 cm³/mol. The fourth-order valence-electron chi connectivity index (χ4n) is 1.76. The van der Waals surface area contributed by atoms with Crippen molar-refractivity contribution in [2.75, 3.05) is 0 Å². The van der Waals surface area contributed by atoms with Crippen molar-refractivity contribution in [1.82, 2.24) is 0 Å². The summed E-state index contributed by atoms with van der Waals surface area (Å²) in [6.07, 6.45) is 5.54. The average molecular weight is 212 g/mol. The Bertz CT molecular complexity index is 153. The average Bonchev–Trinajstić information content (AvgIpc) is 2.11. The van der Waals surface area contributed by atoms with Gasteiger partial charge in [0.25, 0.3) is 0 Å². The smallest absolute Gasteiger partial charge is 0.0354 e. The maximum atomic E-state index is 2.43. The summed E-state index contributed by atoms with van der Waals surface area (Å²) in [5.41, 5.74) is 0.549. The van der Waals surface area contributed by atoms with Gasteiger partial charge in [-0.2, -0.15) is 0 Å². The molecule has 0 aliphatic rings. The van der Waals surface area contributed by atoms with E-state index in [2.05, 4.69) is 48.5 Å². The van der Waals surface area contributed by atoms with E-state index in [4.69, 9.17) is 0 Å². The Labute approximate surface area is 97.8 Å². The van der Waals surface area contributed by atoms with Crippen LogP contribution in [0.2, 0.25) is 0 Å². The molecule has 0 heterocycles. The predicted octanol–water partition coefficient (Wildman–Crippen LogP) is 5.52. The zero-order chi connectivity index (χ0) is 12.1. The van der Waals surface area contributed by atoms with Crippen LogP contribution in [0.1, 0.15) is 74.1 Å². The topological polar surface area (TPSA) is 0 Å². The van der Waals surface area contributed by atoms with E-state index >= 15 is 0 Å². The molecule has 0 aliphatic heterocycles. The van der Waals surface area contributed by atoms with Gasteiger partial charge >= 0.3 is 0 Å². The molecule has 0 heteroatoms. The van der Waals surface area contributed by atoms with Gasteiger partial charge in [-0.15, -0.1) is 0 Å². The summed E-state index contributed by atoms with van der Waals surface area (Å²) in [6, 6.07) is 0. The molecule has 0 radical (unpaired) electrons. The maximum Gasteiger partial charge on any atom is -0.0354 e. The zero-order valence-electron chi connectivity index (χ0n) is 12.1. The van der Waals surface area contributed by atoms with Crippen LogP contribution >= 0.6 is 0 Å². The first-order chi connectivity index (χ1) is 6.74. The number of hydrogen-bond acceptors (Lipinski definition) is 0. The summed E-state index contributed by atoms with van der Waals surface area (Å²) in [5, 5.41) is 0. The highest BCUT2D eigenvalue weighted by Crippen LogP contribution is 2.32. The van der Waals surface area contributed by atoms with Crippen LogP contribution in [0.4, 0.5) is 0 Å². The molecule has 0 rings (SSSR count). The molecule has 0 spiro atoms. The minimum Gasteiger partial charge on any atom is -0.0628 e. The van der Waals surface area contributed by atoms with Gasteiger partial charge in [0, 0.05) is 0 Å². The van der Waals surface area contributed by atoms with Gasteiger partial charge in [0.15, 0.2) is 0 Å². The van der Waals surface area contributed by atoms with Crippen LogP contribution in [-0.4, -0.2) is 0 Å². The Balaban J connectivity index is 3.82. The first-order valence-corrected chi connectivity index (χ1v) is 6.74. The molecular weight excluding hydrogens is 180 g/mol. The van der Waals surface area contributed by atoms with E-state index < -0.39 is 0 Å². The van der Waals surface area contributed by atoms with Crippen LogP contribution in [-0.2, 0) is 0 Å². The molecular formula is C15H32. The highest BCUT2D eigenvalue weighted by molar-refractivity contribution is 4.71. The van der Waals surface area contributed by atoms with Crippen LogP contribution in [0.25, 0.3) is 0 Å². The van der Waals surface area contributed by atoms with Crippen LogP contribution in [0, 0.1) is 23.2 Å². The quantitative estimate of drug-likeness (QED) is 0.521. The van der Waals surface area contributed by atoms with Crippen LogP contribution in [0.5, 0.6) is 0 Å². The third-order valence-corrected chi connectivity index (χ3v) is 3.81. The number of hydrogen-bond donors (Lipinski definition) is 0. The molecule has 0 aromatic rings. The monoisotopic (exact) mass is 212 g/mol. The second-order valence-electron chi connectivity index (χ2n) is 6.86. The van der Waals surface area contributed by atoms with Crippen LogP contribution in [0.3, 0.4) is 0 Å². The van der Waals surface area contributed by atoms with E-state index in [0.717, 1.165) is 17.8 Å². The van der Waals surface area contributed by atoms with Crippen LogP contribution in [0.15, 0.2) is 0 Å². The van der Waals surface area contributed by atoms with Gasteiger partial charge in [-0.1, -0.05) is 54.9 Å². The van der Waals surface area contributed by atoms with Gasteiger partial charge in [0.2, 0.25) is 0 Å². The fraction of sp³-hybridized carbons (Fsp3) is 1.00. The standard InChI is InChI=1S/C15H32/c1-12(2)8-10-15(6,7)11-9-14(5)13(3)4/h12-14H,8-11H2,1-7H3. The molecule has 0 aromatic heterocycles. The fourth-order valence-corrected chi connectivity index (χ4v) is 1.76. The molecule has 0 bridgehead atoms. The molecule has 0 N–H and O–H groups in total. The Morgan fingerprint density at radius 3 is 1.67 bits per heavy atom. The molecule has 1 atom stereocenters. The van der Waals surface area contributed by atoms with Gasteiger partial charge in [-0.25, -0.2) is 0 Å². The summed E-state index contributed by atoms with van der Waals surface area (Å²) in [4.78, 5) is 0. The van der Waals surface area contributed by atoms with Crippen molar-refractivity contribution < 1.29 is 0 Å². The highest BCUT2D eigenvalue weighted by atomic mass is 14.3. The molecule has 0 saturated carbocycles. The van der Waals surface area contributed by atoms with Crippen molar-refractivity contribution in [3.8, 4) is 0 Å². The SMILES string of the molecule is CC(C)CCC(C)(C)CCC(C)C(C)C. The summed E-state index contributed by atoms with van der Waals surface area (Å²) in [7, 11) is 0. The van der Waals surface area contributed by atoms with Crippen molar-refractivity contribution in [2.24, 2.45) is 23.2 Å². The van der Waals surface area contributed by atoms with Crippen molar-refractivity contribution >= 4 is 0 Å². The van der Waals surface area contributed by atoms with E-state index in [-0.39, 0.29) is 0 Å². The molecule has 1 unspecified atom stereocenters. The van der Waals surface area contributed by atoms with Crippen molar-refractivity contribution in [2.45, 2.75) is 74.1 Å². The molecule has 0 amide bonds. The third-order valence-electron chi connectivity index (χ3n) is 3.81. The van der Waals surface area contributed by atoms with Gasteiger partial charge in [0.05, 0.1) is 0 Å². The maximum absolute atomic E-state index is 2.43. The Hall–Kier alpha value is 0. The van der Waals surface area contributed by atoms with Gasteiger partial charge in [-0.3, -0.25) is 0 Å². The van der Waals surface area contributed by atoms with Crippen molar-refractivity contribution in [3.63, 3.8) is 0 Å². The second-order valence-corrected chi connectivity index (χ2v) is 6.86. The third kappa shape index (κ3) is 7.88. The minimum atomic E-state index is 0.549. The first-order valence-electron chi connectivity index (χ1n) is 6.74. The van der Waals surface area contributed by atoms with Gasteiger partial charge in [0.1, 0.15) is 0 Å². The Kier molecular flexibility index (Phi) is 6.55. The molecule has 0 nitrogen and oxygen atoms in total. The second kappa shape index (κ2) is 6.55. The summed E-state index contributed by atoms with van der Waals surface area (Å²) < 4.78 is 0. The summed E-state index contributed by atoms with van der Waals surface area (Å²) >= 11 is 0. The lowest BCUT2D eigenvalue weighted by Crippen LogP contribution is -2.15.